The molecule has 0 amide bonds. The van der Waals surface area contributed by atoms with E-state index in [2.05, 4.69) is 20.3 Å². The third-order valence-corrected chi connectivity index (χ3v) is 5.17. The molecular formula is C17H15Cl2N5OS. The predicted molar refractivity (Wildman–Crippen MR) is 105 cm³/mol. The number of rotatable bonds is 6. The molecule has 134 valence electrons. The molecule has 0 unspecified atom stereocenters. The van der Waals surface area contributed by atoms with Gasteiger partial charge in [0.15, 0.2) is 11.0 Å². The number of hydrogen-bond acceptors (Lipinski definition) is 7. The third-order valence-electron chi connectivity index (χ3n) is 3.42. The average molecular weight is 408 g/mol. The van der Waals surface area contributed by atoms with Crippen molar-refractivity contribution in [1.82, 2.24) is 15.0 Å². The molecule has 2 heterocycles. The number of pyridine rings is 1. The van der Waals surface area contributed by atoms with Gasteiger partial charge in [-0.05, 0) is 23.8 Å². The third kappa shape index (κ3) is 4.49. The Bertz CT molecular complexity index is 908. The van der Waals surface area contributed by atoms with Crippen LogP contribution in [0.1, 0.15) is 5.56 Å². The van der Waals surface area contributed by atoms with Gasteiger partial charge in [-0.2, -0.15) is 0 Å². The second kappa shape index (κ2) is 8.44. The van der Waals surface area contributed by atoms with Crippen LogP contribution in [-0.2, 0) is 6.54 Å². The molecule has 0 aliphatic rings. The maximum absolute atomic E-state index is 6.47. The number of hydrogen-bond donors (Lipinski definition) is 2. The van der Waals surface area contributed by atoms with Gasteiger partial charge in [0.2, 0.25) is 0 Å². The molecule has 0 radical (unpaired) electrons. The van der Waals surface area contributed by atoms with Gasteiger partial charge in [-0.3, -0.25) is 0 Å². The first-order valence-corrected chi connectivity index (χ1v) is 9.11. The Hall–Kier alpha value is -2.22. The van der Waals surface area contributed by atoms with Crippen molar-refractivity contribution in [2.75, 3.05) is 18.2 Å². The predicted octanol–water partition coefficient (Wildman–Crippen LogP) is 4.53. The molecule has 1 aromatic carbocycles. The summed E-state index contributed by atoms with van der Waals surface area (Å²) >= 11 is 13.6. The van der Waals surface area contributed by atoms with Crippen LogP contribution < -0.4 is 15.8 Å². The van der Waals surface area contributed by atoms with E-state index in [1.54, 1.807) is 25.6 Å². The summed E-state index contributed by atoms with van der Waals surface area (Å²) in [6.07, 6.45) is 3.22. The van der Waals surface area contributed by atoms with Crippen LogP contribution in [0.25, 0.3) is 0 Å². The lowest BCUT2D eigenvalue weighted by Crippen LogP contribution is -2.02. The Morgan fingerprint density at radius 1 is 1.15 bits per heavy atom. The number of nitrogens with zero attached hydrogens (tertiary/aromatic N) is 3. The van der Waals surface area contributed by atoms with E-state index < -0.39 is 0 Å². The van der Waals surface area contributed by atoms with E-state index in [0.29, 0.717) is 22.4 Å². The summed E-state index contributed by atoms with van der Waals surface area (Å²) in [5, 5.41) is 4.51. The molecule has 0 aliphatic heterocycles. The maximum Gasteiger partial charge on any atom is 0.171 e. The zero-order valence-electron chi connectivity index (χ0n) is 13.7. The highest BCUT2D eigenvalue weighted by molar-refractivity contribution is 7.99. The van der Waals surface area contributed by atoms with Crippen LogP contribution in [0.3, 0.4) is 0 Å². The molecule has 0 atom stereocenters. The van der Waals surface area contributed by atoms with Crippen LogP contribution >= 0.6 is 35.0 Å². The van der Waals surface area contributed by atoms with E-state index in [-0.39, 0.29) is 11.0 Å². The van der Waals surface area contributed by atoms with Crippen molar-refractivity contribution >= 4 is 46.6 Å². The topological polar surface area (TPSA) is 86.0 Å². The normalized spacial score (nSPS) is 10.6. The molecule has 0 spiro atoms. The van der Waals surface area contributed by atoms with Crippen LogP contribution in [-0.4, -0.2) is 22.1 Å². The number of nitrogens with one attached hydrogen (secondary N) is 1. The molecule has 0 bridgehead atoms. The smallest absolute Gasteiger partial charge is 0.171 e. The highest BCUT2D eigenvalue weighted by Gasteiger charge is 2.11. The average Bonchev–Trinajstić information content (AvgIpc) is 2.66. The van der Waals surface area contributed by atoms with Gasteiger partial charge >= 0.3 is 0 Å². The number of halogens is 2. The minimum atomic E-state index is 0.178. The van der Waals surface area contributed by atoms with Crippen LogP contribution in [0.15, 0.2) is 52.6 Å². The van der Waals surface area contributed by atoms with E-state index in [0.717, 1.165) is 16.2 Å². The molecular weight excluding hydrogens is 393 g/mol. The van der Waals surface area contributed by atoms with Crippen LogP contribution in [0, 0.1) is 0 Å². The standard InChI is InChI=1S/C17H15Cl2N5OS/c1-25-11-4-2-10(3-5-11)8-23-17-14(18)12(6-7-21-17)26-13-9-22-15(19)16(20)24-13/h2-7,9H,8H2,1H3,(H2,20,24)(H,21,23). The van der Waals surface area contributed by atoms with Crippen molar-refractivity contribution in [3.63, 3.8) is 0 Å². The maximum atomic E-state index is 6.47. The highest BCUT2D eigenvalue weighted by Crippen LogP contribution is 2.36. The second-order valence-electron chi connectivity index (χ2n) is 5.16. The van der Waals surface area contributed by atoms with E-state index in [1.807, 2.05) is 24.3 Å². The van der Waals surface area contributed by atoms with Gasteiger partial charge in [-0.15, -0.1) is 0 Å². The van der Waals surface area contributed by atoms with Crippen molar-refractivity contribution in [2.24, 2.45) is 0 Å². The molecule has 3 N–H and O–H groups in total. The first kappa shape index (κ1) is 18.6. The molecule has 0 saturated carbocycles. The van der Waals surface area contributed by atoms with Gasteiger partial charge in [0.05, 0.1) is 18.3 Å². The molecule has 3 rings (SSSR count). The second-order valence-corrected chi connectivity index (χ2v) is 6.96. The Morgan fingerprint density at radius 2 is 1.92 bits per heavy atom. The van der Waals surface area contributed by atoms with E-state index >= 15 is 0 Å². The Kier molecular flexibility index (Phi) is 6.03. The molecule has 0 saturated heterocycles. The largest absolute Gasteiger partial charge is 0.497 e. The summed E-state index contributed by atoms with van der Waals surface area (Å²) in [5.41, 5.74) is 6.77. The van der Waals surface area contributed by atoms with Gasteiger partial charge < -0.3 is 15.8 Å². The SMILES string of the molecule is COc1ccc(CNc2nccc(Sc3cnc(Cl)c(N)n3)c2Cl)cc1. The fourth-order valence-electron chi connectivity index (χ4n) is 2.09. The molecule has 3 aromatic rings. The molecule has 6 nitrogen and oxygen atoms in total. The minimum absolute atomic E-state index is 0.178. The van der Waals surface area contributed by atoms with E-state index in [4.69, 9.17) is 33.7 Å². The quantitative estimate of drug-likeness (QED) is 0.620. The number of nitrogen functional groups attached to an aromatic ring is 1. The number of anilines is 2. The van der Waals surface area contributed by atoms with Crippen LogP contribution in [0.4, 0.5) is 11.6 Å². The summed E-state index contributed by atoms with van der Waals surface area (Å²) in [7, 11) is 1.64. The molecule has 26 heavy (non-hydrogen) atoms. The molecule has 9 heteroatoms. The van der Waals surface area contributed by atoms with Crippen molar-refractivity contribution < 1.29 is 4.74 Å². The minimum Gasteiger partial charge on any atom is -0.497 e. The first-order valence-electron chi connectivity index (χ1n) is 7.54. The fraction of sp³-hybridized carbons (Fsp3) is 0.118. The zero-order chi connectivity index (χ0) is 18.5. The summed E-state index contributed by atoms with van der Waals surface area (Å²) in [6, 6.07) is 9.57. The Labute approximate surface area is 165 Å². The van der Waals surface area contributed by atoms with Crippen LogP contribution in [0.5, 0.6) is 5.75 Å². The number of ether oxygens (including phenoxy) is 1. The number of aromatic nitrogens is 3. The molecule has 2 aromatic heterocycles. The lowest BCUT2D eigenvalue weighted by atomic mass is 10.2. The zero-order valence-corrected chi connectivity index (χ0v) is 16.1. The molecule has 0 fully saturated rings. The number of nitrogens with two attached hydrogens (primary N) is 1. The van der Waals surface area contributed by atoms with E-state index in [1.165, 1.54) is 11.8 Å². The molecule has 0 aliphatic carbocycles. The summed E-state index contributed by atoms with van der Waals surface area (Å²) in [6.45, 7) is 0.582. The number of methoxy groups -OCH3 is 1. The summed E-state index contributed by atoms with van der Waals surface area (Å²) in [5.74, 6) is 1.58. The monoisotopic (exact) mass is 407 g/mol. The Morgan fingerprint density at radius 3 is 2.62 bits per heavy atom. The van der Waals surface area contributed by atoms with Crippen molar-refractivity contribution in [1.29, 1.82) is 0 Å². The fourth-order valence-corrected chi connectivity index (χ4v) is 3.27. The lowest BCUT2D eigenvalue weighted by molar-refractivity contribution is 0.414. The Balaban J connectivity index is 1.72. The van der Waals surface area contributed by atoms with Crippen LogP contribution in [0.2, 0.25) is 10.2 Å². The van der Waals surface area contributed by atoms with Crippen molar-refractivity contribution in [2.45, 2.75) is 16.5 Å². The van der Waals surface area contributed by atoms with E-state index in [9.17, 15) is 0 Å². The van der Waals surface area contributed by atoms with Gasteiger partial charge in [-0.25, -0.2) is 15.0 Å². The van der Waals surface area contributed by atoms with Crippen molar-refractivity contribution in [3.8, 4) is 5.75 Å². The van der Waals surface area contributed by atoms with Gasteiger partial charge in [0.25, 0.3) is 0 Å². The van der Waals surface area contributed by atoms with Gasteiger partial charge in [0.1, 0.15) is 16.6 Å². The van der Waals surface area contributed by atoms with Gasteiger partial charge in [0, 0.05) is 17.6 Å². The summed E-state index contributed by atoms with van der Waals surface area (Å²) < 4.78 is 5.15. The first-order chi connectivity index (χ1) is 12.6. The number of benzene rings is 1. The summed E-state index contributed by atoms with van der Waals surface area (Å²) in [4.78, 5) is 13.3. The lowest BCUT2D eigenvalue weighted by Gasteiger charge is -2.11. The van der Waals surface area contributed by atoms with Crippen molar-refractivity contribution in [3.05, 3.63) is 58.5 Å². The van der Waals surface area contributed by atoms with Gasteiger partial charge in [-0.1, -0.05) is 47.1 Å². The highest BCUT2D eigenvalue weighted by atomic mass is 35.5.